The lowest BCUT2D eigenvalue weighted by atomic mass is 9.82. The topological polar surface area (TPSA) is 20.2 Å². The van der Waals surface area contributed by atoms with E-state index in [1.807, 2.05) is 32.9 Å². The van der Waals surface area contributed by atoms with E-state index in [0.717, 1.165) is 35.5 Å². The second-order valence-corrected chi connectivity index (χ2v) is 15.8. The van der Waals surface area contributed by atoms with Crippen LogP contribution in [0.3, 0.4) is 0 Å². The fourth-order valence-electron chi connectivity index (χ4n) is 8.41. The number of aromatic nitrogens is 1. The van der Waals surface area contributed by atoms with Gasteiger partial charge in [-0.25, -0.2) is 0 Å². The van der Waals surface area contributed by atoms with Gasteiger partial charge in [-0.15, -0.1) is 0 Å². The summed E-state index contributed by atoms with van der Waals surface area (Å²) >= 11 is 0. The predicted octanol–water partition coefficient (Wildman–Crippen LogP) is 15.1. The SMILES string of the molecule is C=C/C=C\C=C(/CC)NC(C(/C=C/c1cccc(-n2c(/C=C\C=C/C)c(C)c3ccccc32)c1)=C/Cc1ccc2c(c1)C(C)(C)c1ccccc1-2)N(C)c1ccccc1.CC. The van der Waals surface area contributed by atoms with Crippen molar-refractivity contribution in [1.29, 1.82) is 0 Å². The van der Waals surface area contributed by atoms with Gasteiger partial charge in [0.1, 0.15) is 6.17 Å². The van der Waals surface area contributed by atoms with Crippen molar-refractivity contribution < 1.29 is 0 Å². The third kappa shape index (κ3) is 9.74. The fourth-order valence-corrected chi connectivity index (χ4v) is 8.41. The van der Waals surface area contributed by atoms with Crippen molar-refractivity contribution in [3.05, 3.63) is 227 Å². The first-order valence-corrected chi connectivity index (χ1v) is 21.9. The van der Waals surface area contributed by atoms with Crippen LogP contribution in [0.4, 0.5) is 5.69 Å². The van der Waals surface area contributed by atoms with Gasteiger partial charge in [-0.3, -0.25) is 0 Å². The summed E-state index contributed by atoms with van der Waals surface area (Å²) in [5.41, 5.74) is 16.1. The molecule has 0 amide bonds. The first-order valence-electron chi connectivity index (χ1n) is 21.9. The molecule has 61 heavy (non-hydrogen) atoms. The van der Waals surface area contributed by atoms with Crippen molar-refractivity contribution in [1.82, 2.24) is 9.88 Å². The van der Waals surface area contributed by atoms with Crippen LogP contribution in [-0.2, 0) is 11.8 Å². The smallest absolute Gasteiger partial charge is 0.125 e. The lowest BCUT2D eigenvalue weighted by molar-refractivity contribution is 0.619. The molecular formula is C58H63N3. The largest absolute Gasteiger partial charge is 0.365 e. The summed E-state index contributed by atoms with van der Waals surface area (Å²) in [4.78, 5) is 2.34. The fraction of sp³-hybridized carbons (Fsp3) is 0.207. The van der Waals surface area contributed by atoms with Crippen molar-refractivity contribution in [2.45, 2.75) is 72.9 Å². The first kappa shape index (κ1) is 44.0. The van der Waals surface area contributed by atoms with Crippen LogP contribution >= 0.6 is 0 Å². The molecule has 0 radical (unpaired) electrons. The summed E-state index contributed by atoms with van der Waals surface area (Å²) in [6.07, 6.45) is 25.0. The molecule has 5 aromatic carbocycles. The maximum absolute atomic E-state index is 3.96. The van der Waals surface area contributed by atoms with Crippen molar-refractivity contribution in [2.75, 3.05) is 11.9 Å². The summed E-state index contributed by atoms with van der Waals surface area (Å²) < 4.78 is 2.38. The average Bonchev–Trinajstić information content (AvgIpc) is 3.71. The highest BCUT2D eigenvalue weighted by atomic mass is 15.3. The van der Waals surface area contributed by atoms with Crippen LogP contribution < -0.4 is 10.2 Å². The van der Waals surface area contributed by atoms with Crippen LogP contribution in [0.25, 0.3) is 39.9 Å². The van der Waals surface area contributed by atoms with Gasteiger partial charge >= 0.3 is 0 Å². The van der Waals surface area contributed by atoms with Crippen LogP contribution in [0.2, 0.25) is 0 Å². The zero-order valence-corrected chi connectivity index (χ0v) is 37.5. The Kier molecular flexibility index (Phi) is 14.9. The van der Waals surface area contributed by atoms with Gasteiger partial charge in [-0.2, -0.15) is 0 Å². The molecule has 0 spiro atoms. The van der Waals surface area contributed by atoms with E-state index in [1.165, 1.54) is 55.6 Å². The molecule has 0 saturated carbocycles. The molecule has 1 atom stereocenters. The predicted molar refractivity (Wildman–Crippen MR) is 268 cm³/mol. The average molecular weight is 802 g/mol. The molecule has 1 N–H and O–H groups in total. The van der Waals surface area contributed by atoms with Crippen molar-refractivity contribution >= 4 is 28.7 Å². The summed E-state index contributed by atoms with van der Waals surface area (Å²) in [6, 6.07) is 44.2. The van der Waals surface area contributed by atoms with E-state index in [-0.39, 0.29) is 11.6 Å². The lowest BCUT2D eigenvalue weighted by Crippen LogP contribution is -2.44. The Morgan fingerprint density at radius 1 is 0.787 bits per heavy atom. The Balaban J connectivity index is 0.00000307. The van der Waals surface area contributed by atoms with E-state index in [9.17, 15) is 0 Å². The Morgan fingerprint density at radius 2 is 1.52 bits per heavy atom. The standard InChI is InChI=1S/C56H57N3.C2H6/c1-8-11-14-24-45(10-3)57-55(58(7)46-25-16-13-17-26-46)44(37-34-43-35-38-50-49-29-18-20-30-51(49)56(5,6)52(50)40-43)36-33-42-23-22-27-47(39-42)59-53(31-15-12-9-2)41(4)48-28-19-21-32-54(48)59;1-2/h8-9,11-33,35-40,55,57H,1,10,34H2,2-7H3;1-2H3/b12-9-,14-11-,31-15-,36-33+,44-37+,45-24+;. The molecule has 3 heteroatoms. The van der Waals surface area contributed by atoms with E-state index in [1.54, 1.807) is 0 Å². The van der Waals surface area contributed by atoms with Gasteiger partial charge in [-0.1, -0.05) is 187 Å². The van der Waals surface area contributed by atoms with Crippen molar-refractivity contribution in [2.24, 2.45) is 0 Å². The zero-order valence-electron chi connectivity index (χ0n) is 37.5. The number of nitrogens with one attached hydrogen (secondary N) is 1. The minimum atomic E-state index is -0.158. The number of likely N-dealkylation sites (N-methyl/N-ethyl adjacent to an activating group) is 1. The number of aryl methyl sites for hydroxylation is 1. The quantitative estimate of drug-likeness (QED) is 0.0824. The van der Waals surface area contributed by atoms with Crippen LogP contribution in [0.15, 0.2) is 194 Å². The number of para-hydroxylation sites is 2. The maximum Gasteiger partial charge on any atom is 0.125 e. The number of rotatable bonds is 15. The molecule has 1 heterocycles. The highest BCUT2D eigenvalue weighted by Gasteiger charge is 2.35. The molecule has 1 aliphatic carbocycles. The van der Waals surface area contributed by atoms with Crippen LogP contribution in [0.5, 0.6) is 0 Å². The van der Waals surface area contributed by atoms with Gasteiger partial charge in [-0.05, 0) is 114 Å². The van der Waals surface area contributed by atoms with E-state index in [2.05, 4.69) is 232 Å². The summed E-state index contributed by atoms with van der Waals surface area (Å²) in [5.74, 6) is 0. The molecule has 1 aliphatic rings. The number of nitrogens with zero attached hydrogens (tertiary/aromatic N) is 2. The van der Waals surface area contributed by atoms with Gasteiger partial charge in [0.25, 0.3) is 0 Å². The molecular weight excluding hydrogens is 739 g/mol. The second kappa shape index (κ2) is 20.6. The lowest BCUT2D eigenvalue weighted by Gasteiger charge is -2.33. The van der Waals surface area contributed by atoms with Crippen LogP contribution in [-0.4, -0.2) is 17.8 Å². The monoisotopic (exact) mass is 802 g/mol. The summed E-state index contributed by atoms with van der Waals surface area (Å²) in [7, 11) is 2.18. The summed E-state index contributed by atoms with van der Waals surface area (Å²) in [6.45, 7) is 19.1. The minimum absolute atomic E-state index is 0.0528. The molecule has 310 valence electrons. The van der Waals surface area contributed by atoms with Crippen LogP contribution in [0.1, 0.15) is 81.5 Å². The molecule has 1 unspecified atom stereocenters. The molecule has 0 saturated heterocycles. The molecule has 1 aromatic heterocycles. The Morgan fingerprint density at radius 3 is 2.30 bits per heavy atom. The van der Waals surface area contributed by atoms with Gasteiger partial charge < -0.3 is 14.8 Å². The molecule has 6 aromatic rings. The Hall–Kier alpha value is -6.58. The van der Waals surface area contributed by atoms with Gasteiger partial charge in [0, 0.05) is 40.6 Å². The molecule has 0 aliphatic heterocycles. The molecule has 3 nitrogen and oxygen atoms in total. The normalized spacial score (nSPS) is 14.1. The van der Waals surface area contributed by atoms with Crippen molar-refractivity contribution in [3.63, 3.8) is 0 Å². The van der Waals surface area contributed by atoms with Gasteiger partial charge in [0.05, 0.1) is 5.52 Å². The molecule has 0 fully saturated rings. The van der Waals surface area contributed by atoms with Crippen LogP contribution in [0, 0.1) is 6.92 Å². The van der Waals surface area contributed by atoms with Crippen molar-refractivity contribution in [3.8, 4) is 16.8 Å². The number of hydrogen-bond acceptors (Lipinski definition) is 2. The zero-order chi connectivity index (χ0) is 43.4. The Bertz CT molecular complexity index is 2620. The van der Waals surface area contributed by atoms with E-state index >= 15 is 0 Å². The first-order chi connectivity index (χ1) is 29.7. The summed E-state index contributed by atoms with van der Waals surface area (Å²) in [5, 5.41) is 5.22. The maximum atomic E-state index is 3.96. The second-order valence-electron chi connectivity index (χ2n) is 15.8. The minimum Gasteiger partial charge on any atom is -0.365 e. The van der Waals surface area contributed by atoms with E-state index < -0.39 is 0 Å². The number of hydrogen-bond donors (Lipinski definition) is 1. The van der Waals surface area contributed by atoms with E-state index in [0.29, 0.717) is 0 Å². The number of benzene rings is 5. The number of allylic oxidation sites excluding steroid dienone is 9. The third-order valence-electron chi connectivity index (χ3n) is 11.7. The molecule has 7 rings (SSSR count). The highest BCUT2D eigenvalue weighted by molar-refractivity contribution is 5.90. The van der Waals surface area contributed by atoms with Gasteiger partial charge in [0.2, 0.25) is 0 Å². The van der Waals surface area contributed by atoms with Gasteiger partial charge in [0.15, 0.2) is 0 Å². The third-order valence-corrected chi connectivity index (χ3v) is 11.7. The van der Waals surface area contributed by atoms with E-state index in [4.69, 9.17) is 0 Å². The number of fused-ring (bicyclic) bond motifs is 4. The Labute approximate surface area is 366 Å². The molecule has 0 bridgehead atoms. The number of anilines is 1. The highest BCUT2D eigenvalue weighted by Crippen LogP contribution is 2.48.